The van der Waals surface area contributed by atoms with Crippen LogP contribution in [0.3, 0.4) is 0 Å². The number of H-pyrrole nitrogens is 1. The summed E-state index contributed by atoms with van der Waals surface area (Å²) >= 11 is 0. The van der Waals surface area contributed by atoms with Crippen LogP contribution in [-0.2, 0) is 0 Å². The van der Waals surface area contributed by atoms with Gasteiger partial charge in [0.25, 0.3) is 5.56 Å². The molecule has 0 atom stereocenters. The number of carboxylic acid groups (broad SMARTS) is 1. The molecule has 1 rings (SSSR count). The smallest absolute Gasteiger partial charge is 0.341 e. The summed E-state index contributed by atoms with van der Waals surface area (Å²) < 4.78 is 4.60. The van der Waals surface area contributed by atoms with E-state index in [0.29, 0.717) is 0 Å². The Morgan fingerprint density at radius 3 is 2.92 bits per heavy atom. The molecule has 0 saturated heterocycles. The summed E-state index contributed by atoms with van der Waals surface area (Å²) in [5.41, 5.74) is -0.825. The number of aromatic nitrogens is 2. The van der Waals surface area contributed by atoms with Gasteiger partial charge in [0.15, 0.2) is 0 Å². The van der Waals surface area contributed by atoms with Crippen molar-refractivity contribution >= 4 is 5.97 Å². The highest BCUT2D eigenvalue weighted by molar-refractivity contribution is 5.89. The average Bonchev–Trinajstić information content (AvgIpc) is 2.04. The van der Waals surface area contributed by atoms with E-state index in [1.807, 2.05) is 0 Å². The molecule has 1 aromatic heterocycles. The summed E-state index contributed by atoms with van der Waals surface area (Å²) in [6.45, 7) is 0. The molecular weight excluding hydrogens is 164 g/mol. The fourth-order valence-electron chi connectivity index (χ4n) is 0.700. The molecule has 0 aliphatic rings. The van der Waals surface area contributed by atoms with E-state index in [4.69, 9.17) is 5.11 Å². The Bertz CT molecular complexity index is 357. The van der Waals surface area contributed by atoms with Gasteiger partial charge in [-0.15, -0.1) is 5.10 Å². The van der Waals surface area contributed by atoms with E-state index < -0.39 is 11.5 Å². The van der Waals surface area contributed by atoms with Gasteiger partial charge in [-0.3, -0.25) is 4.79 Å². The highest BCUT2D eigenvalue weighted by atomic mass is 16.5. The number of aromatic amines is 1. The maximum Gasteiger partial charge on any atom is 0.341 e. The Morgan fingerprint density at radius 1 is 1.75 bits per heavy atom. The molecule has 1 heterocycles. The molecule has 0 bridgehead atoms. The zero-order valence-corrected chi connectivity index (χ0v) is 6.20. The van der Waals surface area contributed by atoms with Gasteiger partial charge in [0.2, 0.25) is 5.88 Å². The van der Waals surface area contributed by atoms with E-state index in [-0.39, 0.29) is 11.4 Å². The van der Waals surface area contributed by atoms with Crippen LogP contribution in [0.15, 0.2) is 10.9 Å². The summed E-state index contributed by atoms with van der Waals surface area (Å²) in [6, 6.07) is 0.911. The third-order valence-corrected chi connectivity index (χ3v) is 1.20. The first-order valence-corrected chi connectivity index (χ1v) is 3.02. The van der Waals surface area contributed by atoms with Crippen LogP contribution in [0.25, 0.3) is 0 Å². The number of nitrogens with zero attached hydrogens (tertiary/aromatic N) is 1. The van der Waals surface area contributed by atoms with E-state index in [0.717, 1.165) is 6.07 Å². The number of ether oxygens (including phenoxy) is 1. The third-order valence-electron chi connectivity index (χ3n) is 1.20. The fraction of sp³-hybridized carbons (Fsp3) is 0.167. The van der Waals surface area contributed by atoms with Crippen molar-refractivity contribution in [2.75, 3.05) is 7.11 Å². The molecule has 0 radical (unpaired) electrons. The van der Waals surface area contributed by atoms with Gasteiger partial charge in [0, 0.05) is 6.07 Å². The number of carboxylic acids is 1. The quantitative estimate of drug-likeness (QED) is 0.622. The molecule has 1 aromatic rings. The van der Waals surface area contributed by atoms with Crippen molar-refractivity contribution in [1.82, 2.24) is 10.2 Å². The van der Waals surface area contributed by atoms with E-state index in [2.05, 4.69) is 14.9 Å². The number of carbonyl (C=O) groups is 1. The molecule has 64 valence electrons. The second-order valence-electron chi connectivity index (χ2n) is 1.96. The van der Waals surface area contributed by atoms with Crippen LogP contribution in [0.5, 0.6) is 5.88 Å². The standard InChI is InChI=1S/C6H6N2O4/c1-12-5-3(6(10)11)2-4(9)7-8-5/h2H,1H3,(H,7,9)(H,10,11). The van der Waals surface area contributed by atoms with Crippen LogP contribution < -0.4 is 10.3 Å². The molecule has 6 nitrogen and oxygen atoms in total. The number of hydrogen-bond donors (Lipinski definition) is 2. The summed E-state index contributed by atoms with van der Waals surface area (Å²) in [4.78, 5) is 21.1. The fourth-order valence-corrected chi connectivity index (χ4v) is 0.700. The summed E-state index contributed by atoms with van der Waals surface area (Å²) in [5, 5.41) is 14.0. The minimum Gasteiger partial charge on any atom is -0.479 e. The van der Waals surface area contributed by atoms with Crippen molar-refractivity contribution in [3.8, 4) is 5.88 Å². The maximum atomic E-state index is 10.6. The van der Waals surface area contributed by atoms with Gasteiger partial charge in [0.05, 0.1) is 7.11 Å². The first kappa shape index (κ1) is 8.25. The van der Waals surface area contributed by atoms with E-state index in [1.54, 1.807) is 0 Å². The second-order valence-corrected chi connectivity index (χ2v) is 1.96. The van der Waals surface area contributed by atoms with Gasteiger partial charge in [-0.25, -0.2) is 9.89 Å². The molecule has 0 aliphatic heterocycles. The van der Waals surface area contributed by atoms with Gasteiger partial charge in [0.1, 0.15) is 5.56 Å². The maximum absolute atomic E-state index is 10.6. The number of nitrogens with one attached hydrogen (secondary N) is 1. The minimum atomic E-state index is -1.24. The number of hydrogen-bond acceptors (Lipinski definition) is 4. The predicted octanol–water partition coefficient (Wildman–Crippen LogP) is -0.523. The van der Waals surface area contributed by atoms with Crippen LogP contribution in [0.1, 0.15) is 10.4 Å². The highest BCUT2D eigenvalue weighted by Crippen LogP contribution is 2.09. The lowest BCUT2D eigenvalue weighted by atomic mass is 10.3. The van der Waals surface area contributed by atoms with Gasteiger partial charge >= 0.3 is 5.97 Å². The molecule has 2 N–H and O–H groups in total. The molecule has 0 unspecified atom stereocenters. The molecule has 0 aliphatic carbocycles. The summed E-state index contributed by atoms with van der Waals surface area (Å²) in [5.74, 6) is -1.35. The molecule has 0 fully saturated rings. The van der Waals surface area contributed by atoms with E-state index in [9.17, 15) is 9.59 Å². The molecule has 0 amide bonds. The number of methoxy groups -OCH3 is 1. The average molecular weight is 170 g/mol. The van der Waals surface area contributed by atoms with Gasteiger partial charge in [-0.05, 0) is 0 Å². The Labute approximate surface area is 66.8 Å². The molecule has 0 saturated carbocycles. The van der Waals surface area contributed by atoms with Crippen LogP contribution >= 0.6 is 0 Å². The monoisotopic (exact) mass is 170 g/mol. The number of rotatable bonds is 2. The highest BCUT2D eigenvalue weighted by Gasteiger charge is 2.12. The van der Waals surface area contributed by atoms with Crippen molar-refractivity contribution in [3.05, 3.63) is 22.0 Å². The normalized spacial score (nSPS) is 9.42. The van der Waals surface area contributed by atoms with Crippen LogP contribution in [-0.4, -0.2) is 28.4 Å². The summed E-state index contributed by atoms with van der Waals surface area (Å²) in [7, 11) is 1.27. The Morgan fingerprint density at radius 2 is 2.42 bits per heavy atom. The minimum absolute atomic E-state index is 0.109. The van der Waals surface area contributed by atoms with Crippen molar-refractivity contribution in [2.45, 2.75) is 0 Å². The topological polar surface area (TPSA) is 92.3 Å². The molecule has 0 aromatic carbocycles. The molecule has 12 heavy (non-hydrogen) atoms. The Kier molecular flexibility index (Phi) is 2.09. The lowest BCUT2D eigenvalue weighted by Gasteiger charge is -1.99. The second kappa shape index (κ2) is 3.04. The van der Waals surface area contributed by atoms with Crippen LogP contribution in [0.2, 0.25) is 0 Å². The first-order valence-electron chi connectivity index (χ1n) is 3.02. The van der Waals surface area contributed by atoms with Crippen molar-refractivity contribution < 1.29 is 14.6 Å². The molecular formula is C6H6N2O4. The predicted molar refractivity (Wildman–Crippen MR) is 38.4 cm³/mol. The van der Waals surface area contributed by atoms with Crippen molar-refractivity contribution in [3.63, 3.8) is 0 Å². The van der Waals surface area contributed by atoms with Crippen LogP contribution in [0.4, 0.5) is 0 Å². The lowest BCUT2D eigenvalue weighted by molar-refractivity contribution is 0.0692. The lowest BCUT2D eigenvalue weighted by Crippen LogP contribution is -2.13. The zero-order chi connectivity index (χ0) is 9.14. The van der Waals surface area contributed by atoms with Crippen LogP contribution in [0, 0.1) is 0 Å². The van der Waals surface area contributed by atoms with Gasteiger partial charge in [-0.2, -0.15) is 0 Å². The number of aromatic carboxylic acids is 1. The Hall–Kier alpha value is -1.85. The van der Waals surface area contributed by atoms with Gasteiger partial charge < -0.3 is 9.84 Å². The van der Waals surface area contributed by atoms with Gasteiger partial charge in [-0.1, -0.05) is 0 Å². The van der Waals surface area contributed by atoms with E-state index >= 15 is 0 Å². The van der Waals surface area contributed by atoms with Crippen molar-refractivity contribution in [2.24, 2.45) is 0 Å². The summed E-state index contributed by atoms with van der Waals surface area (Å²) in [6.07, 6.45) is 0. The Balaban J connectivity index is 3.31. The zero-order valence-electron chi connectivity index (χ0n) is 6.20. The first-order chi connectivity index (χ1) is 5.65. The third kappa shape index (κ3) is 1.42. The molecule has 0 spiro atoms. The SMILES string of the molecule is COc1n[nH]c(=O)cc1C(=O)O. The largest absolute Gasteiger partial charge is 0.479 e. The molecule has 6 heteroatoms. The van der Waals surface area contributed by atoms with E-state index in [1.165, 1.54) is 7.11 Å². The van der Waals surface area contributed by atoms with Crippen molar-refractivity contribution in [1.29, 1.82) is 0 Å².